The van der Waals surface area contributed by atoms with Crippen LogP contribution in [0.2, 0.25) is 0 Å². The van der Waals surface area contributed by atoms with Gasteiger partial charge in [0.1, 0.15) is 5.82 Å². The predicted octanol–water partition coefficient (Wildman–Crippen LogP) is 5.31. The lowest BCUT2D eigenvalue weighted by atomic mass is 9.81. The van der Waals surface area contributed by atoms with Gasteiger partial charge < -0.3 is 19.6 Å². The Bertz CT molecular complexity index is 1300. The van der Waals surface area contributed by atoms with E-state index in [1.54, 1.807) is 0 Å². The van der Waals surface area contributed by atoms with Gasteiger partial charge in [-0.1, -0.05) is 12.1 Å². The molecule has 2 aromatic carbocycles. The van der Waals surface area contributed by atoms with Crippen molar-refractivity contribution in [2.24, 2.45) is 5.92 Å². The Balaban J connectivity index is 1.45. The van der Waals surface area contributed by atoms with E-state index in [4.69, 9.17) is 4.74 Å². The normalized spacial score (nSPS) is 27.4. The smallest absolute Gasteiger partial charge is 0.391 e. The fourth-order valence-corrected chi connectivity index (χ4v) is 6.34. The quantitative estimate of drug-likeness (QED) is 0.472. The number of alkyl halides is 6. The Kier molecular flexibility index (Phi) is 8.03. The lowest BCUT2D eigenvalue weighted by Gasteiger charge is -2.37. The van der Waals surface area contributed by atoms with Crippen molar-refractivity contribution in [1.82, 2.24) is 9.80 Å². The maximum absolute atomic E-state index is 13.8. The first-order valence-corrected chi connectivity index (χ1v) is 13.6. The first kappa shape index (κ1) is 30.3. The molecule has 2 unspecified atom stereocenters. The summed E-state index contributed by atoms with van der Waals surface area (Å²) in [7, 11) is 0. The number of carbonyl (C=O) groups excluding carboxylic acids is 2. The molecule has 0 saturated carbocycles. The van der Waals surface area contributed by atoms with Crippen LogP contribution in [0.4, 0.5) is 30.7 Å². The maximum atomic E-state index is 13.8. The second kappa shape index (κ2) is 11.1. The molecule has 6 nitrogen and oxygen atoms in total. The molecule has 0 bridgehead atoms. The Morgan fingerprint density at radius 2 is 1.62 bits per heavy atom. The van der Waals surface area contributed by atoms with E-state index in [1.807, 2.05) is 0 Å². The second-order valence-electron chi connectivity index (χ2n) is 11.2. The standard InChI is InChI=1S/C29H29F7N2O4/c1-15(17-8-19(28(31,32)33)12-20(9-17)29(34,35)36)42-24-14-38-23(26(24)16-2-4-21(30)5-3-16)10-18(11-25(38)40)27(41)37-7-6-22(39)13-37/h2-5,8-9,12,15,18,22-24,26,39H,6-7,10-11,13-14H2,1H3/t15-,18?,22+,23+,24+,26?/m1/s1. The molecule has 2 amide bonds. The molecule has 5 rings (SSSR count). The SMILES string of the molecule is C[C@@H](O[C@H]1CN2C(=O)CC(C(=O)N3CC[C@H](O)C3)C[C@H]2C1c1ccc(F)cc1)c1cc(C(F)(F)F)cc(C(F)(F)F)c1. The highest BCUT2D eigenvalue weighted by molar-refractivity contribution is 5.88. The summed E-state index contributed by atoms with van der Waals surface area (Å²) in [5.74, 6) is -2.44. The zero-order valence-corrected chi connectivity index (χ0v) is 22.5. The lowest BCUT2D eigenvalue weighted by molar-refractivity contribution is -0.146. The van der Waals surface area contributed by atoms with Crippen molar-refractivity contribution >= 4 is 11.8 Å². The predicted molar refractivity (Wildman–Crippen MR) is 134 cm³/mol. The molecule has 3 aliphatic rings. The third kappa shape index (κ3) is 6.12. The van der Waals surface area contributed by atoms with E-state index in [-0.39, 0.29) is 49.4 Å². The molecule has 0 aliphatic carbocycles. The number of carbonyl (C=O) groups is 2. The van der Waals surface area contributed by atoms with Gasteiger partial charge in [-0.25, -0.2) is 4.39 Å². The third-order valence-corrected chi connectivity index (χ3v) is 8.40. The molecule has 0 spiro atoms. The molecular formula is C29H29F7N2O4. The number of fused-ring (bicyclic) bond motifs is 1. The Labute approximate surface area is 237 Å². The van der Waals surface area contributed by atoms with E-state index >= 15 is 0 Å². The third-order valence-electron chi connectivity index (χ3n) is 8.40. The molecule has 2 aromatic rings. The number of nitrogens with zero attached hydrogens (tertiary/aromatic N) is 2. The number of ether oxygens (including phenoxy) is 1. The minimum absolute atomic E-state index is 0.00961. The number of benzene rings is 2. The number of piperidine rings is 1. The molecule has 3 aliphatic heterocycles. The molecule has 3 heterocycles. The minimum Gasteiger partial charge on any atom is -0.391 e. The lowest BCUT2D eigenvalue weighted by Crippen LogP contribution is -2.48. The molecule has 3 saturated heterocycles. The molecule has 1 N–H and O–H groups in total. The van der Waals surface area contributed by atoms with E-state index in [2.05, 4.69) is 0 Å². The average molecular weight is 603 g/mol. The fourth-order valence-electron chi connectivity index (χ4n) is 6.34. The molecule has 0 radical (unpaired) electrons. The van der Waals surface area contributed by atoms with E-state index in [0.717, 1.165) is 0 Å². The van der Waals surface area contributed by atoms with Gasteiger partial charge in [-0.05, 0) is 61.2 Å². The minimum atomic E-state index is -5.03. The molecule has 0 aromatic heterocycles. The van der Waals surface area contributed by atoms with Gasteiger partial charge in [0.15, 0.2) is 0 Å². The van der Waals surface area contributed by atoms with Crippen molar-refractivity contribution in [1.29, 1.82) is 0 Å². The van der Waals surface area contributed by atoms with Crippen LogP contribution in [0.5, 0.6) is 0 Å². The highest BCUT2D eigenvalue weighted by Gasteiger charge is 2.51. The molecule has 6 atom stereocenters. The summed E-state index contributed by atoms with van der Waals surface area (Å²) in [6.07, 6.45) is -12.2. The van der Waals surface area contributed by atoms with Gasteiger partial charge in [0.2, 0.25) is 11.8 Å². The van der Waals surface area contributed by atoms with Crippen molar-refractivity contribution < 1.29 is 50.2 Å². The van der Waals surface area contributed by atoms with Crippen LogP contribution >= 0.6 is 0 Å². The van der Waals surface area contributed by atoms with Gasteiger partial charge in [-0.2, -0.15) is 26.3 Å². The Morgan fingerprint density at radius 1 is 1.00 bits per heavy atom. The summed E-state index contributed by atoms with van der Waals surface area (Å²) in [6.45, 7) is 1.85. The van der Waals surface area contributed by atoms with E-state index in [0.29, 0.717) is 30.7 Å². The number of aliphatic hydroxyl groups excluding tert-OH is 1. The molecular weight excluding hydrogens is 573 g/mol. The summed E-state index contributed by atoms with van der Waals surface area (Å²) in [5.41, 5.74) is -2.72. The van der Waals surface area contributed by atoms with Crippen LogP contribution in [0.3, 0.4) is 0 Å². The second-order valence-corrected chi connectivity index (χ2v) is 11.2. The molecule has 13 heteroatoms. The van der Waals surface area contributed by atoms with Crippen LogP contribution in [-0.4, -0.2) is 64.6 Å². The summed E-state index contributed by atoms with van der Waals surface area (Å²) >= 11 is 0. The summed E-state index contributed by atoms with van der Waals surface area (Å²) in [6, 6.07) is 6.08. The first-order chi connectivity index (χ1) is 19.6. The van der Waals surface area contributed by atoms with Crippen LogP contribution in [0.15, 0.2) is 42.5 Å². The number of halogens is 7. The average Bonchev–Trinajstić information content (AvgIpc) is 3.51. The maximum Gasteiger partial charge on any atom is 0.416 e. The van der Waals surface area contributed by atoms with Crippen molar-refractivity contribution in [2.45, 2.75) is 68.8 Å². The summed E-state index contributed by atoms with van der Waals surface area (Å²) < 4.78 is 101. The number of β-amino-alcohol motifs (C(OH)–C–C–N with tert-alkyl or cyclic N) is 1. The first-order valence-electron chi connectivity index (χ1n) is 13.6. The topological polar surface area (TPSA) is 70.1 Å². The molecule has 3 fully saturated rings. The highest BCUT2D eigenvalue weighted by Crippen LogP contribution is 2.45. The van der Waals surface area contributed by atoms with E-state index in [9.17, 15) is 45.4 Å². The Morgan fingerprint density at radius 3 is 2.17 bits per heavy atom. The van der Waals surface area contributed by atoms with E-state index < -0.39 is 65.5 Å². The van der Waals surface area contributed by atoms with Crippen LogP contribution in [-0.2, 0) is 26.7 Å². The van der Waals surface area contributed by atoms with Gasteiger partial charge in [-0.3, -0.25) is 9.59 Å². The number of aliphatic hydroxyl groups is 1. The largest absolute Gasteiger partial charge is 0.416 e. The van der Waals surface area contributed by atoms with Crippen LogP contribution < -0.4 is 0 Å². The van der Waals surface area contributed by atoms with Crippen molar-refractivity contribution in [3.63, 3.8) is 0 Å². The zero-order chi connectivity index (χ0) is 30.6. The van der Waals surface area contributed by atoms with Crippen molar-refractivity contribution in [3.05, 3.63) is 70.5 Å². The van der Waals surface area contributed by atoms with Crippen LogP contribution in [0.25, 0.3) is 0 Å². The number of likely N-dealkylation sites (tertiary alicyclic amines) is 1. The van der Waals surface area contributed by atoms with E-state index in [1.165, 1.54) is 41.0 Å². The number of hydrogen-bond donors (Lipinski definition) is 1. The van der Waals surface area contributed by atoms with Gasteiger partial charge >= 0.3 is 12.4 Å². The molecule has 42 heavy (non-hydrogen) atoms. The Hall–Kier alpha value is -3.19. The zero-order valence-electron chi connectivity index (χ0n) is 22.5. The monoisotopic (exact) mass is 602 g/mol. The molecule has 228 valence electrons. The van der Waals surface area contributed by atoms with Gasteiger partial charge in [0.25, 0.3) is 0 Å². The highest BCUT2D eigenvalue weighted by atomic mass is 19.4. The van der Waals surface area contributed by atoms with Gasteiger partial charge in [-0.15, -0.1) is 0 Å². The van der Waals surface area contributed by atoms with Crippen LogP contribution in [0.1, 0.15) is 60.5 Å². The number of rotatable bonds is 5. The summed E-state index contributed by atoms with van der Waals surface area (Å²) in [4.78, 5) is 29.5. The summed E-state index contributed by atoms with van der Waals surface area (Å²) in [5, 5.41) is 9.86. The van der Waals surface area contributed by atoms with Crippen molar-refractivity contribution in [3.8, 4) is 0 Å². The van der Waals surface area contributed by atoms with Crippen molar-refractivity contribution in [2.75, 3.05) is 19.6 Å². The van der Waals surface area contributed by atoms with Crippen LogP contribution in [0, 0.1) is 11.7 Å². The van der Waals surface area contributed by atoms with Gasteiger partial charge in [0, 0.05) is 43.9 Å². The number of amides is 2. The fraction of sp³-hybridized carbons (Fsp3) is 0.517. The van der Waals surface area contributed by atoms with Gasteiger partial charge in [0.05, 0.1) is 29.4 Å². The number of hydrogen-bond acceptors (Lipinski definition) is 4.